The summed E-state index contributed by atoms with van der Waals surface area (Å²) in [6.45, 7) is 3.61. The highest BCUT2D eigenvalue weighted by atomic mass is 32.2. The molecule has 108 valence electrons. The first-order chi connectivity index (χ1) is 10.1. The molecule has 0 fully saturated rings. The van der Waals surface area contributed by atoms with Crippen LogP contribution in [0.2, 0.25) is 0 Å². The fraction of sp³-hybridized carbons (Fsp3) is 0.214. The molecular weight excluding hydrogens is 291 g/mol. The number of benzene rings is 1. The summed E-state index contributed by atoms with van der Waals surface area (Å²) in [4.78, 5) is 14.4. The minimum atomic E-state index is -0.254. The van der Waals surface area contributed by atoms with Crippen LogP contribution in [0.25, 0.3) is 5.78 Å². The Kier molecular flexibility index (Phi) is 3.50. The Bertz CT molecular complexity index is 871. The molecule has 1 aromatic carbocycles. The second kappa shape index (κ2) is 5.33. The van der Waals surface area contributed by atoms with Gasteiger partial charge in [-0.1, -0.05) is 23.9 Å². The molecule has 0 atom stereocenters. The summed E-state index contributed by atoms with van der Waals surface area (Å²) in [6.07, 6.45) is 0. The minimum absolute atomic E-state index is 0.158. The van der Waals surface area contributed by atoms with Crippen molar-refractivity contribution in [3.8, 4) is 0 Å². The third-order valence-corrected chi connectivity index (χ3v) is 4.33. The molecule has 0 aliphatic heterocycles. The smallest absolute Gasteiger partial charge is 0.255 e. The largest absolute Gasteiger partial charge is 0.290 e. The van der Waals surface area contributed by atoms with Gasteiger partial charge in [0.2, 0.25) is 5.78 Å². The second-order valence-corrected chi connectivity index (χ2v) is 5.67. The van der Waals surface area contributed by atoms with Gasteiger partial charge < -0.3 is 0 Å². The number of nitrogens with zero attached hydrogens (tertiary/aromatic N) is 3. The molecule has 0 saturated heterocycles. The first-order valence-electron chi connectivity index (χ1n) is 6.38. The van der Waals surface area contributed by atoms with Crippen molar-refractivity contribution in [3.05, 3.63) is 57.3 Å². The fourth-order valence-electron chi connectivity index (χ4n) is 2.05. The number of hydrogen-bond donors (Lipinski definition) is 1. The quantitative estimate of drug-likeness (QED) is 0.755. The molecule has 0 bridgehead atoms. The first kappa shape index (κ1) is 13.8. The van der Waals surface area contributed by atoms with Gasteiger partial charge in [-0.25, -0.2) is 4.39 Å². The van der Waals surface area contributed by atoms with Gasteiger partial charge in [-0.15, -0.1) is 10.2 Å². The highest BCUT2D eigenvalue weighted by Gasteiger charge is 2.12. The number of H-pyrrole nitrogens is 1. The number of halogens is 1. The summed E-state index contributed by atoms with van der Waals surface area (Å²) < 4.78 is 15.0. The molecule has 7 heteroatoms. The molecule has 5 nitrogen and oxygen atoms in total. The highest BCUT2D eigenvalue weighted by Crippen LogP contribution is 2.22. The van der Waals surface area contributed by atoms with Crippen LogP contribution in [0, 0.1) is 19.7 Å². The Labute approximate surface area is 124 Å². The van der Waals surface area contributed by atoms with Crippen LogP contribution < -0.4 is 5.56 Å². The van der Waals surface area contributed by atoms with Gasteiger partial charge in [-0.2, -0.15) is 0 Å². The van der Waals surface area contributed by atoms with Gasteiger partial charge in [0.15, 0.2) is 5.16 Å². The van der Waals surface area contributed by atoms with Crippen LogP contribution in [-0.4, -0.2) is 19.6 Å². The standard InChI is InChI=1S/C14H13FN4OS/c1-8-9(2)19-13(16-12(8)20)17-18-14(19)21-7-10-4-3-5-11(15)6-10/h3-6H,7H2,1-2H3,(H,16,17,20). The van der Waals surface area contributed by atoms with Crippen molar-refractivity contribution in [1.82, 2.24) is 19.6 Å². The zero-order chi connectivity index (χ0) is 15.0. The number of aromatic nitrogens is 4. The molecular formula is C14H13FN4OS. The number of rotatable bonds is 3. The maximum atomic E-state index is 13.2. The lowest BCUT2D eigenvalue weighted by Crippen LogP contribution is -2.15. The SMILES string of the molecule is Cc1c(C)n2c(SCc3cccc(F)c3)nnc2[nH]c1=O. The highest BCUT2D eigenvalue weighted by molar-refractivity contribution is 7.98. The molecule has 0 amide bonds. The van der Waals surface area contributed by atoms with Crippen LogP contribution >= 0.6 is 11.8 Å². The number of hydrogen-bond acceptors (Lipinski definition) is 4. The predicted octanol–water partition coefficient (Wildman–Crippen LogP) is 2.47. The maximum Gasteiger partial charge on any atom is 0.255 e. The van der Waals surface area contributed by atoms with E-state index in [0.717, 1.165) is 11.3 Å². The number of aryl methyl sites for hydroxylation is 1. The Morgan fingerprint density at radius 2 is 2.14 bits per heavy atom. The van der Waals surface area contributed by atoms with Crippen molar-refractivity contribution in [2.45, 2.75) is 24.8 Å². The van der Waals surface area contributed by atoms with E-state index in [1.54, 1.807) is 17.4 Å². The number of fused-ring (bicyclic) bond motifs is 1. The van der Waals surface area contributed by atoms with Crippen LogP contribution in [0.3, 0.4) is 0 Å². The van der Waals surface area contributed by atoms with E-state index in [1.807, 2.05) is 13.0 Å². The van der Waals surface area contributed by atoms with Gasteiger partial charge in [-0.3, -0.25) is 14.2 Å². The van der Waals surface area contributed by atoms with Gasteiger partial charge in [0.25, 0.3) is 5.56 Å². The Morgan fingerprint density at radius 1 is 1.33 bits per heavy atom. The van der Waals surface area contributed by atoms with Gasteiger partial charge in [0.05, 0.1) is 0 Å². The molecule has 2 aromatic heterocycles. The van der Waals surface area contributed by atoms with E-state index in [4.69, 9.17) is 0 Å². The molecule has 0 radical (unpaired) electrons. The van der Waals surface area contributed by atoms with Crippen molar-refractivity contribution in [2.24, 2.45) is 0 Å². The minimum Gasteiger partial charge on any atom is -0.290 e. The van der Waals surface area contributed by atoms with E-state index in [9.17, 15) is 9.18 Å². The van der Waals surface area contributed by atoms with Crippen LogP contribution in [-0.2, 0) is 5.75 Å². The van der Waals surface area contributed by atoms with Crippen molar-refractivity contribution >= 4 is 17.5 Å². The van der Waals surface area contributed by atoms with Crippen LogP contribution in [0.4, 0.5) is 4.39 Å². The molecule has 1 N–H and O–H groups in total. The first-order valence-corrected chi connectivity index (χ1v) is 7.36. The van der Waals surface area contributed by atoms with E-state index in [1.165, 1.54) is 23.9 Å². The third-order valence-electron chi connectivity index (χ3n) is 3.33. The average molecular weight is 304 g/mol. The molecule has 3 rings (SSSR count). The molecule has 0 aliphatic rings. The average Bonchev–Trinajstić information content (AvgIpc) is 2.86. The topological polar surface area (TPSA) is 63.1 Å². The van der Waals surface area contributed by atoms with Gasteiger partial charge in [-0.05, 0) is 31.5 Å². The Balaban J connectivity index is 1.95. The summed E-state index contributed by atoms with van der Waals surface area (Å²) in [6, 6.07) is 6.45. The van der Waals surface area contributed by atoms with Crippen molar-refractivity contribution in [1.29, 1.82) is 0 Å². The zero-order valence-electron chi connectivity index (χ0n) is 11.6. The Hall–Kier alpha value is -2.15. The summed E-state index contributed by atoms with van der Waals surface area (Å²) in [5.74, 6) is 0.747. The summed E-state index contributed by atoms with van der Waals surface area (Å²) in [5, 5.41) is 8.73. The maximum absolute atomic E-state index is 13.2. The Morgan fingerprint density at radius 3 is 2.90 bits per heavy atom. The normalized spacial score (nSPS) is 11.2. The lowest BCUT2D eigenvalue weighted by atomic mass is 10.2. The third kappa shape index (κ3) is 2.56. The zero-order valence-corrected chi connectivity index (χ0v) is 12.4. The molecule has 0 unspecified atom stereocenters. The molecule has 2 heterocycles. The van der Waals surface area contributed by atoms with E-state index in [2.05, 4.69) is 15.2 Å². The molecule has 0 saturated carbocycles. The monoisotopic (exact) mass is 304 g/mol. The second-order valence-electron chi connectivity index (χ2n) is 4.72. The molecule has 3 aromatic rings. The van der Waals surface area contributed by atoms with Crippen LogP contribution in [0.15, 0.2) is 34.2 Å². The van der Waals surface area contributed by atoms with Crippen LogP contribution in [0.5, 0.6) is 0 Å². The number of thioether (sulfide) groups is 1. The van der Waals surface area contributed by atoms with E-state index in [-0.39, 0.29) is 11.4 Å². The lowest BCUT2D eigenvalue weighted by Gasteiger charge is -2.05. The molecule has 21 heavy (non-hydrogen) atoms. The number of aromatic amines is 1. The van der Waals surface area contributed by atoms with Crippen molar-refractivity contribution in [2.75, 3.05) is 0 Å². The lowest BCUT2D eigenvalue weighted by molar-refractivity contribution is 0.626. The van der Waals surface area contributed by atoms with E-state index < -0.39 is 0 Å². The van der Waals surface area contributed by atoms with Crippen LogP contribution in [0.1, 0.15) is 16.8 Å². The summed E-state index contributed by atoms with van der Waals surface area (Å²) in [5.41, 5.74) is 2.15. The van der Waals surface area contributed by atoms with E-state index in [0.29, 0.717) is 22.3 Å². The van der Waals surface area contributed by atoms with Gasteiger partial charge >= 0.3 is 0 Å². The summed E-state index contributed by atoms with van der Waals surface area (Å²) in [7, 11) is 0. The fourth-order valence-corrected chi connectivity index (χ4v) is 2.98. The number of nitrogens with one attached hydrogen (secondary N) is 1. The van der Waals surface area contributed by atoms with Crippen molar-refractivity contribution in [3.63, 3.8) is 0 Å². The molecule has 0 aliphatic carbocycles. The van der Waals surface area contributed by atoms with E-state index >= 15 is 0 Å². The van der Waals surface area contributed by atoms with Gasteiger partial charge in [0, 0.05) is 17.0 Å². The summed E-state index contributed by atoms with van der Waals surface area (Å²) >= 11 is 1.45. The molecule has 0 spiro atoms. The predicted molar refractivity (Wildman–Crippen MR) is 79.0 cm³/mol. The van der Waals surface area contributed by atoms with Crippen molar-refractivity contribution < 1.29 is 4.39 Å². The van der Waals surface area contributed by atoms with Gasteiger partial charge in [0.1, 0.15) is 5.82 Å².